The number of hydrogen-bond donors (Lipinski definition) is 1. The van der Waals surface area contributed by atoms with E-state index in [1.807, 2.05) is 0 Å². The van der Waals surface area contributed by atoms with Gasteiger partial charge in [0.2, 0.25) is 0 Å². The van der Waals surface area contributed by atoms with Crippen molar-refractivity contribution in [1.82, 2.24) is 10.2 Å². The Balaban J connectivity index is 1.94. The van der Waals surface area contributed by atoms with Crippen LogP contribution in [-0.4, -0.2) is 30.6 Å². The van der Waals surface area contributed by atoms with Crippen LogP contribution in [0.1, 0.15) is 25.3 Å². The van der Waals surface area contributed by atoms with E-state index in [9.17, 15) is 0 Å². The second-order valence-corrected chi connectivity index (χ2v) is 6.02. The average Bonchev–Trinajstić information content (AvgIpc) is 2.57. The zero-order valence-electron chi connectivity index (χ0n) is 10.5. The molecule has 1 atom stereocenters. The van der Waals surface area contributed by atoms with Gasteiger partial charge in [0.1, 0.15) is 0 Å². The molecule has 1 aromatic carbocycles. The topological polar surface area (TPSA) is 15.3 Å². The van der Waals surface area contributed by atoms with Gasteiger partial charge in [0.15, 0.2) is 0 Å². The van der Waals surface area contributed by atoms with Crippen molar-refractivity contribution in [2.24, 2.45) is 0 Å². The third kappa shape index (κ3) is 4.23. The molecule has 1 aromatic rings. The first kappa shape index (κ1) is 13.3. The summed E-state index contributed by atoms with van der Waals surface area (Å²) in [4.78, 5) is 2.58. The molecule has 0 spiro atoms. The van der Waals surface area contributed by atoms with Crippen LogP contribution < -0.4 is 5.32 Å². The predicted octanol–water partition coefficient (Wildman–Crippen LogP) is 2.87. The molecule has 0 radical (unpaired) electrons. The summed E-state index contributed by atoms with van der Waals surface area (Å²) in [6.07, 6.45) is 2.49. The zero-order chi connectivity index (χ0) is 12.1. The average molecular weight is 344 g/mol. The predicted molar refractivity (Wildman–Crippen MR) is 81.1 cm³/mol. The van der Waals surface area contributed by atoms with Crippen LogP contribution in [-0.2, 0) is 6.54 Å². The van der Waals surface area contributed by atoms with E-state index < -0.39 is 0 Å². The summed E-state index contributed by atoms with van der Waals surface area (Å²) in [5.74, 6) is 0. The minimum Gasteiger partial charge on any atom is -0.313 e. The van der Waals surface area contributed by atoms with Crippen LogP contribution in [0.5, 0.6) is 0 Å². The molecule has 94 valence electrons. The first-order valence-electron chi connectivity index (χ1n) is 6.48. The molecule has 0 amide bonds. The van der Waals surface area contributed by atoms with Gasteiger partial charge in [-0.3, -0.25) is 4.90 Å². The van der Waals surface area contributed by atoms with Crippen LogP contribution in [0.2, 0.25) is 0 Å². The first-order chi connectivity index (χ1) is 8.28. The van der Waals surface area contributed by atoms with Gasteiger partial charge in [0, 0.05) is 22.7 Å². The monoisotopic (exact) mass is 344 g/mol. The number of rotatable bonds is 3. The molecule has 1 unspecified atom stereocenters. The van der Waals surface area contributed by atoms with E-state index in [1.54, 1.807) is 0 Å². The molecule has 1 N–H and O–H groups in total. The summed E-state index contributed by atoms with van der Waals surface area (Å²) in [6.45, 7) is 6.93. The Labute approximate surface area is 118 Å². The molecule has 0 bridgehead atoms. The number of nitrogens with zero attached hydrogens (tertiary/aromatic N) is 1. The largest absolute Gasteiger partial charge is 0.313 e. The van der Waals surface area contributed by atoms with Crippen LogP contribution in [0.25, 0.3) is 0 Å². The van der Waals surface area contributed by atoms with Crippen molar-refractivity contribution in [3.8, 4) is 0 Å². The molecule has 1 aliphatic rings. The Morgan fingerprint density at radius 3 is 2.82 bits per heavy atom. The lowest BCUT2D eigenvalue weighted by Crippen LogP contribution is -2.36. The summed E-state index contributed by atoms with van der Waals surface area (Å²) >= 11 is 2.36. The highest BCUT2D eigenvalue weighted by molar-refractivity contribution is 14.1. The molecule has 1 saturated heterocycles. The zero-order valence-corrected chi connectivity index (χ0v) is 12.6. The van der Waals surface area contributed by atoms with E-state index in [0.717, 1.165) is 6.54 Å². The fourth-order valence-corrected chi connectivity index (χ4v) is 2.70. The maximum Gasteiger partial charge on any atom is 0.0234 e. The van der Waals surface area contributed by atoms with Crippen molar-refractivity contribution >= 4 is 22.6 Å². The van der Waals surface area contributed by atoms with Gasteiger partial charge in [-0.15, -0.1) is 0 Å². The van der Waals surface area contributed by atoms with Gasteiger partial charge >= 0.3 is 0 Å². The summed E-state index contributed by atoms with van der Waals surface area (Å²) in [7, 11) is 0. The highest BCUT2D eigenvalue weighted by Crippen LogP contribution is 2.11. The molecular formula is C14H21IN2. The molecule has 3 heteroatoms. The quantitative estimate of drug-likeness (QED) is 0.849. The highest BCUT2D eigenvalue weighted by atomic mass is 127. The van der Waals surface area contributed by atoms with E-state index in [1.165, 1.54) is 41.6 Å². The SMILES string of the molecule is CCC1CN(Cc2ccc(I)cc2)CCCN1. The Bertz CT molecular complexity index is 337. The standard InChI is InChI=1S/C14H21IN2/c1-2-14-11-17(9-3-8-16-14)10-12-4-6-13(15)7-5-12/h4-7,14,16H,2-3,8-11H2,1H3. The molecule has 1 aliphatic heterocycles. The van der Waals surface area contributed by atoms with E-state index >= 15 is 0 Å². The Morgan fingerprint density at radius 1 is 1.35 bits per heavy atom. The van der Waals surface area contributed by atoms with E-state index in [-0.39, 0.29) is 0 Å². The maximum absolute atomic E-state index is 3.61. The van der Waals surface area contributed by atoms with Crippen LogP contribution in [0.3, 0.4) is 0 Å². The highest BCUT2D eigenvalue weighted by Gasteiger charge is 2.15. The molecule has 17 heavy (non-hydrogen) atoms. The third-order valence-electron chi connectivity index (χ3n) is 3.37. The van der Waals surface area contributed by atoms with Crippen molar-refractivity contribution < 1.29 is 0 Å². The van der Waals surface area contributed by atoms with Gasteiger partial charge in [-0.25, -0.2) is 0 Å². The Kier molecular flexibility index (Phi) is 5.25. The lowest BCUT2D eigenvalue weighted by Gasteiger charge is -2.23. The van der Waals surface area contributed by atoms with E-state index in [0.29, 0.717) is 6.04 Å². The summed E-state index contributed by atoms with van der Waals surface area (Å²) in [5, 5.41) is 3.61. The molecule has 0 aliphatic carbocycles. The Hall–Kier alpha value is -0.130. The number of hydrogen-bond acceptors (Lipinski definition) is 2. The van der Waals surface area contributed by atoms with E-state index in [4.69, 9.17) is 0 Å². The molecule has 2 rings (SSSR count). The van der Waals surface area contributed by atoms with Gasteiger partial charge in [0.25, 0.3) is 0 Å². The summed E-state index contributed by atoms with van der Waals surface area (Å²) in [6, 6.07) is 9.57. The van der Waals surface area contributed by atoms with Crippen LogP contribution in [0, 0.1) is 3.57 Å². The lowest BCUT2D eigenvalue weighted by molar-refractivity contribution is 0.257. The normalized spacial score (nSPS) is 22.4. The molecule has 1 heterocycles. The van der Waals surface area contributed by atoms with E-state index in [2.05, 4.69) is 64.0 Å². The minimum atomic E-state index is 0.668. The van der Waals surface area contributed by atoms with Crippen LogP contribution in [0.15, 0.2) is 24.3 Å². The van der Waals surface area contributed by atoms with Gasteiger partial charge < -0.3 is 5.32 Å². The van der Waals surface area contributed by atoms with Crippen molar-refractivity contribution in [1.29, 1.82) is 0 Å². The van der Waals surface area contributed by atoms with Gasteiger partial charge in [-0.1, -0.05) is 19.1 Å². The van der Waals surface area contributed by atoms with Crippen molar-refractivity contribution in [2.45, 2.75) is 32.4 Å². The molecule has 0 saturated carbocycles. The number of nitrogens with one attached hydrogen (secondary N) is 1. The Morgan fingerprint density at radius 2 is 2.12 bits per heavy atom. The molecule has 1 fully saturated rings. The fourth-order valence-electron chi connectivity index (χ4n) is 2.34. The van der Waals surface area contributed by atoms with Crippen LogP contribution in [0.4, 0.5) is 0 Å². The van der Waals surface area contributed by atoms with Crippen molar-refractivity contribution in [3.05, 3.63) is 33.4 Å². The molecule has 0 aromatic heterocycles. The number of halogens is 1. The first-order valence-corrected chi connectivity index (χ1v) is 7.56. The van der Waals surface area contributed by atoms with Gasteiger partial charge in [-0.05, 0) is 66.2 Å². The number of benzene rings is 1. The maximum atomic E-state index is 3.61. The smallest absolute Gasteiger partial charge is 0.0234 e. The van der Waals surface area contributed by atoms with Gasteiger partial charge in [-0.2, -0.15) is 0 Å². The summed E-state index contributed by atoms with van der Waals surface area (Å²) < 4.78 is 1.32. The third-order valence-corrected chi connectivity index (χ3v) is 4.09. The minimum absolute atomic E-state index is 0.668. The van der Waals surface area contributed by atoms with Gasteiger partial charge in [0.05, 0.1) is 0 Å². The second-order valence-electron chi connectivity index (χ2n) is 4.77. The molecular weight excluding hydrogens is 323 g/mol. The second kappa shape index (κ2) is 6.71. The van der Waals surface area contributed by atoms with Crippen molar-refractivity contribution in [3.63, 3.8) is 0 Å². The lowest BCUT2D eigenvalue weighted by atomic mass is 10.2. The summed E-state index contributed by atoms with van der Waals surface area (Å²) in [5.41, 5.74) is 1.43. The molecule has 2 nitrogen and oxygen atoms in total. The van der Waals surface area contributed by atoms with Crippen LogP contribution >= 0.6 is 22.6 Å². The van der Waals surface area contributed by atoms with Crippen molar-refractivity contribution in [2.75, 3.05) is 19.6 Å². The fraction of sp³-hybridized carbons (Fsp3) is 0.571.